The van der Waals surface area contributed by atoms with Gasteiger partial charge in [0.25, 0.3) is 10.0 Å². The van der Waals surface area contributed by atoms with Crippen molar-refractivity contribution in [2.24, 2.45) is 5.10 Å². The molecule has 0 atom stereocenters. The van der Waals surface area contributed by atoms with Gasteiger partial charge in [0.1, 0.15) is 5.75 Å². The van der Waals surface area contributed by atoms with E-state index in [4.69, 9.17) is 14.2 Å². The molecule has 0 unspecified atom stereocenters. The molecule has 0 bridgehead atoms. The fourth-order valence-corrected chi connectivity index (χ4v) is 3.97. The summed E-state index contributed by atoms with van der Waals surface area (Å²) in [5.41, 5.74) is 0.842. The minimum absolute atomic E-state index is 0.0942. The molecule has 0 heterocycles. The summed E-state index contributed by atoms with van der Waals surface area (Å²) in [6.45, 7) is 0. The molecule has 8 nitrogen and oxygen atoms in total. The third-order valence-corrected chi connectivity index (χ3v) is 6.04. The van der Waals surface area contributed by atoms with Gasteiger partial charge in [-0.1, -0.05) is 18.2 Å². The fraction of sp³-hybridized carbons (Fsp3) is 0.0909. The molecule has 0 radical (unpaired) electrons. The monoisotopic (exact) mass is 518 g/mol. The lowest BCUT2D eigenvalue weighted by Gasteiger charge is -2.12. The van der Waals surface area contributed by atoms with Gasteiger partial charge in [0.15, 0.2) is 11.5 Å². The maximum absolute atomic E-state index is 12.5. The van der Waals surface area contributed by atoms with Gasteiger partial charge in [0.05, 0.1) is 35.4 Å². The molecular formula is C22H19BrN2O6S. The van der Waals surface area contributed by atoms with E-state index in [2.05, 4.69) is 25.9 Å². The summed E-state index contributed by atoms with van der Waals surface area (Å²) < 4.78 is 40.8. The van der Waals surface area contributed by atoms with Crippen molar-refractivity contribution in [1.82, 2.24) is 4.83 Å². The van der Waals surface area contributed by atoms with Gasteiger partial charge in [-0.2, -0.15) is 13.5 Å². The molecule has 0 amide bonds. The first-order chi connectivity index (χ1) is 15.3. The number of carbonyl (C=O) groups excluding carboxylic acids is 1. The molecule has 0 saturated heterocycles. The van der Waals surface area contributed by atoms with Crippen molar-refractivity contribution >= 4 is 38.1 Å². The van der Waals surface area contributed by atoms with Crippen molar-refractivity contribution in [2.45, 2.75) is 4.90 Å². The fourth-order valence-electron chi connectivity index (χ4n) is 2.61. The molecule has 166 valence electrons. The number of nitrogens with zero attached hydrogens (tertiary/aromatic N) is 1. The van der Waals surface area contributed by atoms with Crippen LogP contribution in [0.2, 0.25) is 0 Å². The van der Waals surface area contributed by atoms with Crippen LogP contribution >= 0.6 is 15.9 Å². The Morgan fingerprint density at radius 3 is 2.31 bits per heavy atom. The summed E-state index contributed by atoms with van der Waals surface area (Å²) in [6, 6.07) is 17.5. The zero-order chi connectivity index (χ0) is 23.1. The summed E-state index contributed by atoms with van der Waals surface area (Å²) in [7, 11) is -0.829. The number of benzene rings is 3. The average molecular weight is 519 g/mol. The van der Waals surface area contributed by atoms with E-state index in [0.717, 1.165) is 0 Å². The van der Waals surface area contributed by atoms with Gasteiger partial charge in [-0.15, -0.1) is 0 Å². The van der Waals surface area contributed by atoms with Crippen molar-refractivity contribution in [2.75, 3.05) is 14.2 Å². The standard InChI is InChI=1S/C22H19BrN2O6S/c1-29-17-10-8-16(9-11-17)22(26)31-21-19(23)12-15(13-20(21)30-2)14-24-25-32(27,28)18-6-4-3-5-7-18/h3-14,25H,1-2H3/b24-14-. The maximum atomic E-state index is 12.5. The molecule has 0 aliphatic carbocycles. The number of methoxy groups -OCH3 is 2. The molecule has 0 aliphatic rings. The lowest BCUT2D eigenvalue weighted by Crippen LogP contribution is -2.18. The third-order valence-electron chi connectivity index (χ3n) is 4.21. The minimum Gasteiger partial charge on any atom is -0.497 e. The summed E-state index contributed by atoms with van der Waals surface area (Å²) in [5.74, 6) is 0.472. The summed E-state index contributed by atoms with van der Waals surface area (Å²) in [5, 5.41) is 3.80. The van der Waals surface area contributed by atoms with Crippen LogP contribution in [0, 0.1) is 0 Å². The van der Waals surface area contributed by atoms with E-state index >= 15 is 0 Å². The van der Waals surface area contributed by atoms with Gasteiger partial charge in [-0.05, 0) is 70.0 Å². The summed E-state index contributed by atoms with van der Waals surface area (Å²) >= 11 is 3.35. The quantitative estimate of drug-likeness (QED) is 0.209. The Kier molecular flexibility index (Phi) is 7.49. The second kappa shape index (κ2) is 10.3. The van der Waals surface area contributed by atoms with E-state index in [9.17, 15) is 13.2 Å². The lowest BCUT2D eigenvalue weighted by molar-refractivity contribution is 0.0728. The zero-order valence-electron chi connectivity index (χ0n) is 17.1. The highest BCUT2D eigenvalue weighted by molar-refractivity contribution is 9.10. The Hall–Kier alpha value is -3.37. The summed E-state index contributed by atoms with van der Waals surface area (Å²) in [4.78, 5) is 14.7. The second-order valence-electron chi connectivity index (χ2n) is 6.32. The van der Waals surface area contributed by atoms with Crippen LogP contribution in [0.25, 0.3) is 0 Å². The largest absolute Gasteiger partial charge is 0.497 e. The van der Waals surface area contributed by atoms with Gasteiger partial charge < -0.3 is 14.2 Å². The molecule has 3 aromatic rings. The molecule has 3 aromatic carbocycles. The van der Waals surface area contributed by atoms with Crippen molar-refractivity contribution < 1.29 is 27.4 Å². The lowest BCUT2D eigenvalue weighted by atomic mass is 10.2. The number of carbonyl (C=O) groups is 1. The van der Waals surface area contributed by atoms with Crippen LogP contribution in [0.3, 0.4) is 0 Å². The van der Waals surface area contributed by atoms with Crippen LogP contribution in [0.4, 0.5) is 0 Å². The Balaban J connectivity index is 1.77. The molecule has 1 N–H and O–H groups in total. The average Bonchev–Trinajstić information content (AvgIpc) is 2.81. The van der Waals surface area contributed by atoms with Gasteiger partial charge in [-0.3, -0.25) is 0 Å². The Morgan fingerprint density at radius 2 is 1.69 bits per heavy atom. The van der Waals surface area contributed by atoms with E-state index in [1.54, 1.807) is 54.6 Å². The Bertz CT molecular complexity index is 1230. The van der Waals surface area contributed by atoms with Crippen molar-refractivity contribution in [1.29, 1.82) is 0 Å². The summed E-state index contributed by atoms with van der Waals surface area (Å²) in [6.07, 6.45) is 1.31. The van der Waals surface area contributed by atoms with Crippen LogP contribution < -0.4 is 19.0 Å². The second-order valence-corrected chi connectivity index (χ2v) is 8.83. The number of sulfonamides is 1. The highest BCUT2D eigenvalue weighted by Gasteiger charge is 2.17. The van der Waals surface area contributed by atoms with E-state index in [-0.39, 0.29) is 16.4 Å². The van der Waals surface area contributed by atoms with Crippen LogP contribution in [-0.2, 0) is 10.0 Å². The first-order valence-electron chi connectivity index (χ1n) is 9.17. The van der Waals surface area contributed by atoms with Gasteiger partial charge in [-0.25, -0.2) is 9.63 Å². The Labute approximate surface area is 194 Å². The number of halogens is 1. The molecule has 0 aromatic heterocycles. The van der Waals surface area contributed by atoms with Crippen LogP contribution in [0.15, 0.2) is 81.2 Å². The molecule has 0 saturated carbocycles. The van der Waals surface area contributed by atoms with E-state index in [1.807, 2.05) is 0 Å². The van der Waals surface area contributed by atoms with Crippen LogP contribution in [-0.4, -0.2) is 34.8 Å². The number of ether oxygens (including phenoxy) is 3. The molecule has 3 rings (SSSR count). The highest BCUT2D eigenvalue weighted by Crippen LogP contribution is 2.37. The minimum atomic E-state index is -3.79. The van der Waals surface area contributed by atoms with Gasteiger partial charge in [0.2, 0.25) is 0 Å². The topological polar surface area (TPSA) is 103 Å². The molecule has 32 heavy (non-hydrogen) atoms. The molecule has 0 spiro atoms. The van der Waals surface area contributed by atoms with E-state index in [0.29, 0.717) is 21.3 Å². The van der Waals surface area contributed by atoms with E-state index < -0.39 is 16.0 Å². The first kappa shape index (κ1) is 23.3. The van der Waals surface area contributed by atoms with Crippen molar-refractivity contribution in [3.05, 3.63) is 82.3 Å². The molecular weight excluding hydrogens is 500 g/mol. The number of hydrazone groups is 1. The Morgan fingerprint density at radius 1 is 1.00 bits per heavy atom. The zero-order valence-corrected chi connectivity index (χ0v) is 19.5. The smallest absolute Gasteiger partial charge is 0.343 e. The number of rotatable bonds is 8. The number of hydrogen-bond acceptors (Lipinski definition) is 7. The number of nitrogens with one attached hydrogen (secondary N) is 1. The van der Waals surface area contributed by atoms with Gasteiger partial charge in [0, 0.05) is 0 Å². The van der Waals surface area contributed by atoms with Crippen molar-refractivity contribution in [3.63, 3.8) is 0 Å². The third kappa shape index (κ3) is 5.65. The van der Waals surface area contributed by atoms with Gasteiger partial charge >= 0.3 is 5.97 Å². The molecule has 0 fully saturated rings. The SMILES string of the molecule is COc1ccc(C(=O)Oc2c(Br)cc(/C=N\NS(=O)(=O)c3ccccc3)cc2OC)cc1. The van der Waals surface area contributed by atoms with E-state index in [1.165, 1.54) is 32.6 Å². The predicted molar refractivity (Wildman–Crippen MR) is 123 cm³/mol. The van der Waals surface area contributed by atoms with Crippen LogP contribution in [0.1, 0.15) is 15.9 Å². The van der Waals surface area contributed by atoms with Crippen molar-refractivity contribution in [3.8, 4) is 17.2 Å². The number of esters is 1. The molecule has 0 aliphatic heterocycles. The molecule has 10 heteroatoms. The normalized spacial score (nSPS) is 11.2. The maximum Gasteiger partial charge on any atom is 0.343 e. The van der Waals surface area contributed by atoms with Crippen LogP contribution in [0.5, 0.6) is 17.2 Å². The first-order valence-corrected chi connectivity index (χ1v) is 11.5. The number of hydrogen-bond donors (Lipinski definition) is 1. The predicted octanol–water partition coefficient (Wildman–Crippen LogP) is 4.00. The highest BCUT2D eigenvalue weighted by atomic mass is 79.9.